The summed E-state index contributed by atoms with van der Waals surface area (Å²) in [5, 5.41) is 12.1. The Hall–Kier alpha value is -3.23. The van der Waals surface area contributed by atoms with Crippen LogP contribution in [-0.4, -0.2) is 58.1 Å². The summed E-state index contributed by atoms with van der Waals surface area (Å²) in [4.78, 5) is 21.4. The maximum Gasteiger partial charge on any atom is 0.317 e. The van der Waals surface area contributed by atoms with E-state index in [4.69, 9.17) is 9.41 Å². The molecule has 172 valence electrons. The smallest absolute Gasteiger partial charge is 0.317 e. The molecule has 1 aromatic heterocycles. The third kappa shape index (κ3) is 4.08. The van der Waals surface area contributed by atoms with Gasteiger partial charge in [0.1, 0.15) is 0 Å². The number of allylic oxidation sites excluding steroid dienone is 1. The van der Waals surface area contributed by atoms with Gasteiger partial charge < -0.3 is 14.6 Å². The maximum absolute atomic E-state index is 13.1. The molecule has 0 spiro atoms. The fourth-order valence-electron chi connectivity index (χ4n) is 4.82. The van der Waals surface area contributed by atoms with Crippen LogP contribution in [0.2, 0.25) is 0 Å². The Morgan fingerprint density at radius 1 is 1.09 bits per heavy atom. The number of nitrogens with one attached hydrogen (secondary N) is 1. The zero-order valence-corrected chi connectivity index (χ0v) is 19.7. The number of likely N-dealkylation sites (tertiary alicyclic amines) is 1. The lowest BCUT2D eigenvalue weighted by Gasteiger charge is -2.31. The minimum Gasteiger partial charge on any atom is -0.403 e. The van der Waals surface area contributed by atoms with E-state index >= 15 is 0 Å². The van der Waals surface area contributed by atoms with E-state index in [1.807, 2.05) is 54.6 Å². The van der Waals surface area contributed by atoms with Gasteiger partial charge in [-0.2, -0.15) is 0 Å². The Morgan fingerprint density at radius 3 is 2.79 bits per heavy atom. The van der Waals surface area contributed by atoms with Crippen molar-refractivity contribution in [1.82, 2.24) is 15.1 Å². The second-order valence-electron chi connectivity index (χ2n) is 9.01. The number of rotatable bonds is 4. The molecular formula is C26H25N5O2S. The van der Waals surface area contributed by atoms with E-state index in [9.17, 15) is 4.79 Å². The van der Waals surface area contributed by atoms with E-state index in [1.54, 1.807) is 11.8 Å². The molecule has 6 rings (SSSR count). The van der Waals surface area contributed by atoms with Crippen LogP contribution in [0, 0.1) is 5.92 Å². The zero-order valence-electron chi connectivity index (χ0n) is 18.8. The van der Waals surface area contributed by atoms with Gasteiger partial charge in [0.05, 0.1) is 10.6 Å². The van der Waals surface area contributed by atoms with Gasteiger partial charge in [0.15, 0.2) is 11.9 Å². The summed E-state index contributed by atoms with van der Waals surface area (Å²) in [6.07, 6.45) is 2.88. The Bertz CT molecular complexity index is 1290. The molecule has 8 heteroatoms. The van der Waals surface area contributed by atoms with Gasteiger partial charge in [0.25, 0.3) is 5.89 Å². The monoisotopic (exact) mass is 471 g/mol. The van der Waals surface area contributed by atoms with Crippen LogP contribution >= 0.6 is 11.8 Å². The number of hydrogen-bond acceptors (Lipinski definition) is 8. The lowest BCUT2D eigenvalue weighted by atomic mass is 9.96. The second kappa shape index (κ2) is 8.85. The first-order chi connectivity index (χ1) is 16.6. The number of anilines is 1. The Labute approximate surface area is 202 Å². The van der Waals surface area contributed by atoms with Crippen LogP contribution in [0.5, 0.6) is 0 Å². The molecule has 3 unspecified atom stereocenters. The van der Waals surface area contributed by atoms with Crippen LogP contribution in [0.25, 0.3) is 4.91 Å². The topological polar surface area (TPSA) is 83.6 Å². The van der Waals surface area contributed by atoms with Gasteiger partial charge in [-0.1, -0.05) is 65.8 Å². The highest BCUT2D eigenvalue weighted by Crippen LogP contribution is 2.45. The molecule has 34 heavy (non-hydrogen) atoms. The molecule has 0 aliphatic carbocycles. The molecule has 3 aliphatic heterocycles. The molecule has 0 bridgehead atoms. The van der Waals surface area contributed by atoms with Gasteiger partial charge in [-0.25, -0.2) is 0 Å². The fraction of sp³-hybridized carbons (Fsp3) is 0.308. The molecule has 3 aliphatic rings. The average Bonchev–Trinajstić information content (AvgIpc) is 3.46. The fourth-order valence-corrected chi connectivity index (χ4v) is 6.30. The number of ketones is 1. The summed E-state index contributed by atoms with van der Waals surface area (Å²) < 4.78 is 5.95. The van der Waals surface area contributed by atoms with E-state index in [0.29, 0.717) is 17.1 Å². The molecule has 1 fully saturated rings. The number of carbonyl (C=O) groups is 1. The molecule has 0 saturated carbocycles. The number of benzene rings is 2. The molecule has 4 heterocycles. The van der Waals surface area contributed by atoms with Gasteiger partial charge in [-0.3, -0.25) is 9.79 Å². The molecule has 0 radical (unpaired) electrons. The largest absolute Gasteiger partial charge is 0.403 e. The summed E-state index contributed by atoms with van der Waals surface area (Å²) in [5.74, 6) is 1.00. The van der Waals surface area contributed by atoms with Crippen LogP contribution in [0.15, 0.2) is 70.1 Å². The number of thioether (sulfide) groups is 1. The molecule has 7 nitrogen and oxygen atoms in total. The lowest BCUT2D eigenvalue weighted by Crippen LogP contribution is -2.37. The van der Waals surface area contributed by atoms with Crippen LogP contribution in [-0.2, 0) is 11.2 Å². The van der Waals surface area contributed by atoms with Gasteiger partial charge in [0.2, 0.25) is 0 Å². The maximum atomic E-state index is 13.1. The molecule has 0 amide bonds. The minimum absolute atomic E-state index is 0.0401. The van der Waals surface area contributed by atoms with Crippen LogP contribution < -0.4 is 5.32 Å². The number of aromatic nitrogens is 2. The Balaban J connectivity index is 1.27. The van der Waals surface area contributed by atoms with Crippen LogP contribution in [0.3, 0.4) is 0 Å². The van der Waals surface area contributed by atoms with Crippen molar-refractivity contribution in [3.8, 4) is 0 Å². The van der Waals surface area contributed by atoms with Crippen molar-refractivity contribution in [3.05, 3.63) is 83.3 Å². The van der Waals surface area contributed by atoms with Crippen molar-refractivity contribution in [2.75, 3.05) is 25.5 Å². The molecular weight excluding hydrogens is 446 g/mol. The van der Waals surface area contributed by atoms with Crippen molar-refractivity contribution >= 4 is 34.2 Å². The number of Topliss-reactive ketones (excluding diaryl/α,β-unsaturated/α-hetero) is 1. The van der Waals surface area contributed by atoms with Crippen LogP contribution in [0.4, 0.5) is 6.01 Å². The van der Waals surface area contributed by atoms with E-state index in [0.717, 1.165) is 46.8 Å². The van der Waals surface area contributed by atoms with Crippen molar-refractivity contribution in [1.29, 1.82) is 0 Å². The number of fused-ring (bicyclic) bond motifs is 2. The Morgan fingerprint density at radius 2 is 1.91 bits per heavy atom. The van der Waals surface area contributed by atoms with E-state index in [-0.39, 0.29) is 18.2 Å². The van der Waals surface area contributed by atoms with Crippen molar-refractivity contribution in [2.45, 2.75) is 24.3 Å². The van der Waals surface area contributed by atoms with Gasteiger partial charge >= 0.3 is 6.01 Å². The molecule has 3 aromatic rings. The third-order valence-electron chi connectivity index (χ3n) is 6.60. The molecule has 3 atom stereocenters. The van der Waals surface area contributed by atoms with Gasteiger partial charge in [0, 0.05) is 29.3 Å². The minimum atomic E-state index is -0.808. The number of piperidine rings is 1. The van der Waals surface area contributed by atoms with Crippen molar-refractivity contribution < 1.29 is 9.21 Å². The van der Waals surface area contributed by atoms with E-state index in [2.05, 4.69) is 33.5 Å². The predicted octanol–water partition coefficient (Wildman–Crippen LogP) is 3.88. The predicted molar refractivity (Wildman–Crippen MR) is 134 cm³/mol. The summed E-state index contributed by atoms with van der Waals surface area (Å²) in [7, 11) is 2.16. The highest BCUT2D eigenvalue weighted by Gasteiger charge is 2.35. The van der Waals surface area contributed by atoms with E-state index in [1.165, 1.54) is 0 Å². The average molecular weight is 472 g/mol. The van der Waals surface area contributed by atoms with Gasteiger partial charge in [-0.15, -0.1) is 16.9 Å². The SMILES string of the molecule is CN1CCC2C=C(c3nnc(NC4N=C(c5ccccc5)c5ccccc5CC4=O)o3)SC2C1. The first kappa shape index (κ1) is 21.3. The zero-order chi connectivity index (χ0) is 23.1. The summed E-state index contributed by atoms with van der Waals surface area (Å²) in [6, 6.07) is 18.1. The molecule has 1 saturated heterocycles. The Kier molecular flexibility index (Phi) is 5.55. The first-order valence-corrected chi connectivity index (χ1v) is 12.4. The standard InChI is InChI=1S/C26H25N5O2S/c1-31-12-11-18-14-21(34-22(18)15-31)25-29-30-26(33-25)28-24-20(32)13-17-9-5-6-10-19(17)23(27-24)16-7-3-2-4-8-16/h2-10,14,18,22,24H,11-13,15H2,1H3,(H,28,30). The number of nitrogens with zero attached hydrogens (tertiary/aromatic N) is 4. The quantitative estimate of drug-likeness (QED) is 0.618. The molecule has 2 aromatic carbocycles. The van der Waals surface area contributed by atoms with Gasteiger partial charge in [-0.05, 0) is 31.5 Å². The van der Waals surface area contributed by atoms with Crippen LogP contribution in [0.1, 0.15) is 29.0 Å². The summed E-state index contributed by atoms with van der Waals surface area (Å²) in [5.41, 5.74) is 3.67. The first-order valence-electron chi connectivity index (χ1n) is 11.6. The normalized spacial score (nSPS) is 24.6. The van der Waals surface area contributed by atoms with Crippen molar-refractivity contribution in [2.24, 2.45) is 10.9 Å². The number of hydrogen-bond donors (Lipinski definition) is 1. The summed E-state index contributed by atoms with van der Waals surface area (Å²) >= 11 is 1.80. The second-order valence-corrected chi connectivity index (χ2v) is 10.3. The number of carbonyl (C=O) groups excluding carboxylic acids is 1. The lowest BCUT2D eigenvalue weighted by molar-refractivity contribution is -0.119. The van der Waals surface area contributed by atoms with E-state index < -0.39 is 6.17 Å². The number of aliphatic imine (C=N–C) groups is 1. The highest BCUT2D eigenvalue weighted by molar-refractivity contribution is 8.09. The highest BCUT2D eigenvalue weighted by atomic mass is 32.2. The molecule has 1 N–H and O–H groups in total. The third-order valence-corrected chi connectivity index (χ3v) is 7.97. The summed E-state index contributed by atoms with van der Waals surface area (Å²) in [6.45, 7) is 2.17. The van der Waals surface area contributed by atoms with Crippen molar-refractivity contribution in [3.63, 3.8) is 0 Å².